The normalized spacial score (nSPS) is 14.3. The van der Waals surface area contributed by atoms with Gasteiger partial charge in [0.25, 0.3) is 0 Å². The van der Waals surface area contributed by atoms with Crippen LogP contribution < -0.4 is 4.74 Å². The van der Waals surface area contributed by atoms with E-state index >= 15 is 0 Å². The number of allylic oxidation sites excluding steroid dienone is 1. The molecule has 0 heterocycles. The molecule has 0 aliphatic heterocycles. The number of ether oxygens (including phenoxy) is 1. The number of aryl methyl sites for hydroxylation is 2. The zero-order valence-corrected chi connectivity index (χ0v) is 16.2. The first-order chi connectivity index (χ1) is 13.8. The van der Waals surface area contributed by atoms with E-state index in [4.69, 9.17) is 9.84 Å². The van der Waals surface area contributed by atoms with Gasteiger partial charge in [-0.05, 0) is 72.6 Å². The van der Waals surface area contributed by atoms with Gasteiger partial charge in [-0.15, -0.1) is 0 Å². The number of benzene rings is 2. The third-order valence-corrected chi connectivity index (χ3v) is 5.21. The largest absolute Gasteiger partial charge is 0.489 e. The Bertz CT molecular complexity index is 929. The number of rotatable bonds is 7. The highest BCUT2D eigenvalue weighted by Gasteiger charge is 2.34. The van der Waals surface area contributed by atoms with Gasteiger partial charge in [-0.25, -0.2) is 0 Å². The minimum Gasteiger partial charge on any atom is -0.489 e. The molecule has 2 aromatic carbocycles. The molecule has 3 nitrogen and oxygen atoms in total. The van der Waals surface area contributed by atoms with Crippen molar-refractivity contribution >= 4 is 11.5 Å². The van der Waals surface area contributed by atoms with E-state index in [1.807, 2.05) is 25.1 Å². The summed E-state index contributed by atoms with van der Waals surface area (Å²) >= 11 is 0. The Balaban J connectivity index is 1.80. The molecule has 0 radical (unpaired) electrons. The van der Waals surface area contributed by atoms with Crippen molar-refractivity contribution in [1.29, 1.82) is 0 Å². The average Bonchev–Trinajstić information content (AvgIpc) is 3.13. The van der Waals surface area contributed by atoms with Gasteiger partial charge in [0, 0.05) is 6.42 Å². The molecule has 0 bridgehead atoms. The first kappa shape index (κ1) is 21.0. The molecule has 0 saturated heterocycles. The fraction of sp³-hybridized carbons (Fsp3) is 0.348. The van der Waals surface area contributed by atoms with Crippen molar-refractivity contribution in [3.05, 3.63) is 70.3 Å². The van der Waals surface area contributed by atoms with Gasteiger partial charge < -0.3 is 9.84 Å². The molecule has 1 aliphatic rings. The maximum absolute atomic E-state index is 13.4. The molecule has 3 rings (SSSR count). The number of carboxylic acid groups (broad SMARTS) is 1. The molecule has 2 aromatic rings. The summed E-state index contributed by atoms with van der Waals surface area (Å²) in [6, 6.07) is 11.8. The van der Waals surface area contributed by atoms with Gasteiger partial charge in [0.05, 0.1) is 5.56 Å². The van der Waals surface area contributed by atoms with Crippen LogP contribution in [0.25, 0.3) is 5.57 Å². The smallest absolute Gasteiger partial charge is 0.416 e. The number of alkyl halides is 3. The highest BCUT2D eigenvalue weighted by atomic mass is 19.4. The maximum Gasteiger partial charge on any atom is 0.416 e. The van der Waals surface area contributed by atoms with Crippen molar-refractivity contribution in [2.24, 2.45) is 0 Å². The molecule has 1 aliphatic carbocycles. The highest BCUT2D eigenvalue weighted by Crippen LogP contribution is 2.37. The molecule has 0 fully saturated rings. The lowest BCUT2D eigenvalue weighted by Crippen LogP contribution is -2.11. The first-order valence-electron chi connectivity index (χ1n) is 9.57. The number of halogens is 3. The number of carboxylic acids is 1. The van der Waals surface area contributed by atoms with Gasteiger partial charge in [-0.1, -0.05) is 30.3 Å². The summed E-state index contributed by atoms with van der Waals surface area (Å²) in [6.07, 6.45) is -2.28. The predicted octanol–water partition coefficient (Wildman–Crippen LogP) is 6.05. The summed E-state index contributed by atoms with van der Waals surface area (Å²) in [6.45, 7) is 2.29. The van der Waals surface area contributed by atoms with E-state index in [-0.39, 0.29) is 30.8 Å². The summed E-state index contributed by atoms with van der Waals surface area (Å²) < 4.78 is 46.0. The van der Waals surface area contributed by atoms with Crippen LogP contribution in [0, 0.1) is 6.92 Å². The monoisotopic (exact) mass is 404 g/mol. The molecule has 0 saturated carbocycles. The average molecular weight is 404 g/mol. The zero-order chi connectivity index (χ0) is 21.0. The van der Waals surface area contributed by atoms with Crippen LogP contribution in [-0.4, -0.2) is 17.7 Å². The van der Waals surface area contributed by atoms with Gasteiger partial charge in [-0.2, -0.15) is 13.2 Å². The highest BCUT2D eigenvalue weighted by molar-refractivity contribution is 5.73. The molecule has 0 aromatic heterocycles. The predicted molar refractivity (Wildman–Crippen MR) is 105 cm³/mol. The lowest BCUT2D eigenvalue weighted by molar-refractivity contribution is -0.140. The minimum atomic E-state index is -4.56. The Morgan fingerprint density at radius 1 is 1.14 bits per heavy atom. The van der Waals surface area contributed by atoms with E-state index < -0.39 is 17.7 Å². The van der Waals surface area contributed by atoms with Crippen molar-refractivity contribution in [2.45, 2.75) is 45.2 Å². The van der Waals surface area contributed by atoms with Gasteiger partial charge >= 0.3 is 12.1 Å². The van der Waals surface area contributed by atoms with Crippen LogP contribution in [0.2, 0.25) is 0 Å². The fourth-order valence-electron chi connectivity index (χ4n) is 3.74. The third-order valence-electron chi connectivity index (χ3n) is 5.21. The molecule has 154 valence electrons. The Kier molecular flexibility index (Phi) is 6.30. The number of hydrogen-bond acceptors (Lipinski definition) is 2. The van der Waals surface area contributed by atoms with Crippen molar-refractivity contribution in [3.8, 4) is 5.75 Å². The van der Waals surface area contributed by atoms with Crippen molar-refractivity contribution in [2.75, 3.05) is 6.61 Å². The third kappa shape index (κ3) is 5.19. The summed E-state index contributed by atoms with van der Waals surface area (Å²) in [5.41, 5.74) is 3.80. The Hall–Kier alpha value is -2.76. The van der Waals surface area contributed by atoms with Gasteiger partial charge in [0.1, 0.15) is 12.4 Å². The van der Waals surface area contributed by atoms with E-state index in [1.54, 1.807) is 0 Å². The molecular weight excluding hydrogens is 381 g/mol. The molecule has 0 atom stereocenters. The van der Waals surface area contributed by atoms with Crippen LogP contribution in [0.4, 0.5) is 13.2 Å². The Morgan fingerprint density at radius 3 is 2.59 bits per heavy atom. The second-order valence-electron chi connectivity index (χ2n) is 7.25. The van der Waals surface area contributed by atoms with Crippen LogP contribution in [-0.2, 0) is 17.4 Å². The summed E-state index contributed by atoms with van der Waals surface area (Å²) in [7, 11) is 0. The standard InChI is InChI=1S/C23H23F3O3/c1-15-5-2-3-7-19(15)20-8-4-6-17(20)14-29-18-11-9-16(10-12-22(27)28)21(13-18)23(24,25)26/h2-3,5,7,9,11,13H,4,6,8,10,12,14H2,1H3,(H,27,28). The van der Waals surface area contributed by atoms with Crippen molar-refractivity contribution in [3.63, 3.8) is 0 Å². The number of hydrogen-bond donors (Lipinski definition) is 1. The lowest BCUT2D eigenvalue weighted by Gasteiger charge is -2.16. The van der Waals surface area contributed by atoms with Crippen LogP contribution >= 0.6 is 0 Å². The summed E-state index contributed by atoms with van der Waals surface area (Å²) in [5, 5.41) is 8.76. The molecule has 0 amide bonds. The molecule has 1 N–H and O–H groups in total. The van der Waals surface area contributed by atoms with E-state index in [0.717, 1.165) is 30.9 Å². The Labute approximate surface area is 167 Å². The fourth-order valence-corrected chi connectivity index (χ4v) is 3.74. The lowest BCUT2D eigenvalue weighted by atomic mass is 9.98. The molecule has 29 heavy (non-hydrogen) atoms. The molecular formula is C23H23F3O3. The van der Waals surface area contributed by atoms with Crippen LogP contribution in [0.15, 0.2) is 48.0 Å². The molecule has 6 heteroatoms. The van der Waals surface area contributed by atoms with E-state index in [2.05, 4.69) is 6.07 Å². The van der Waals surface area contributed by atoms with E-state index in [9.17, 15) is 18.0 Å². The van der Waals surface area contributed by atoms with Crippen LogP contribution in [0.3, 0.4) is 0 Å². The van der Waals surface area contributed by atoms with Gasteiger partial charge in [0.15, 0.2) is 0 Å². The second kappa shape index (κ2) is 8.72. The van der Waals surface area contributed by atoms with E-state index in [1.165, 1.54) is 28.8 Å². The van der Waals surface area contributed by atoms with Gasteiger partial charge in [-0.3, -0.25) is 4.79 Å². The molecule has 0 spiro atoms. The number of aliphatic carboxylic acids is 1. The number of carbonyl (C=O) groups is 1. The summed E-state index contributed by atoms with van der Waals surface area (Å²) in [4.78, 5) is 10.7. The SMILES string of the molecule is Cc1ccccc1C1=C(COc2ccc(CCC(=O)O)c(C(F)(F)F)c2)CCC1. The van der Waals surface area contributed by atoms with Gasteiger partial charge in [0.2, 0.25) is 0 Å². The molecule has 0 unspecified atom stereocenters. The topological polar surface area (TPSA) is 46.5 Å². The Morgan fingerprint density at radius 2 is 1.90 bits per heavy atom. The second-order valence-corrected chi connectivity index (χ2v) is 7.25. The maximum atomic E-state index is 13.4. The quantitative estimate of drug-likeness (QED) is 0.611. The van der Waals surface area contributed by atoms with Crippen LogP contribution in [0.1, 0.15) is 47.9 Å². The van der Waals surface area contributed by atoms with Crippen molar-refractivity contribution in [1.82, 2.24) is 0 Å². The van der Waals surface area contributed by atoms with Crippen LogP contribution in [0.5, 0.6) is 5.75 Å². The van der Waals surface area contributed by atoms with Crippen molar-refractivity contribution < 1.29 is 27.8 Å². The summed E-state index contributed by atoms with van der Waals surface area (Å²) in [5.74, 6) is -0.990. The minimum absolute atomic E-state index is 0.0343. The van der Waals surface area contributed by atoms with E-state index in [0.29, 0.717) is 0 Å². The first-order valence-corrected chi connectivity index (χ1v) is 9.57. The zero-order valence-electron chi connectivity index (χ0n) is 16.2.